The summed E-state index contributed by atoms with van der Waals surface area (Å²) < 4.78 is 40.6. The summed E-state index contributed by atoms with van der Waals surface area (Å²) in [6, 6.07) is 7.14. The SMILES string of the molecule is O=C(O)N1CCNCC1(c1ccccc1)C(F)(F)F. The molecule has 1 aliphatic heterocycles. The van der Waals surface area contributed by atoms with Crippen molar-refractivity contribution in [2.24, 2.45) is 0 Å². The summed E-state index contributed by atoms with van der Waals surface area (Å²) in [5.74, 6) is 0. The zero-order chi connectivity index (χ0) is 14.1. The van der Waals surface area contributed by atoms with Gasteiger partial charge in [-0.3, -0.25) is 4.90 Å². The Morgan fingerprint density at radius 3 is 2.47 bits per heavy atom. The van der Waals surface area contributed by atoms with Gasteiger partial charge < -0.3 is 10.4 Å². The van der Waals surface area contributed by atoms with Crippen LogP contribution in [-0.2, 0) is 5.54 Å². The van der Waals surface area contributed by atoms with E-state index in [1.165, 1.54) is 24.3 Å². The van der Waals surface area contributed by atoms with Gasteiger partial charge >= 0.3 is 12.3 Å². The highest BCUT2D eigenvalue weighted by Gasteiger charge is 2.62. The van der Waals surface area contributed by atoms with E-state index in [0.29, 0.717) is 4.90 Å². The van der Waals surface area contributed by atoms with Crippen molar-refractivity contribution in [3.8, 4) is 0 Å². The van der Waals surface area contributed by atoms with Gasteiger partial charge in [0, 0.05) is 19.6 Å². The lowest BCUT2D eigenvalue weighted by molar-refractivity contribution is -0.234. The van der Waals surface area contributed by atoms with E-state index in [1.807, 2.05) is 0 Å². The molecule has 2 N–H and O–H groups in total. The first-order valence-corrected chi connectivity index (χ1v) is 5.73. The number of piperazine rings is 1. The van der Waals surface area contributed by atoms with Crippen LogP contribution >= 0.6 is 0 Å². The van der Waals surface area contributed by atoms with Crippen molar-refractivity contribution in [2.75, 3.05) is 19.6 Å². The summed E-state index contributed by atoms with van der Waals surface area (Å²) >= 11 is 0. The molecule has 7 heteroatoms. The van der Waals surface area contributed by atoms with Gasteiger partial charge in [-0.25, -0.2) is 4.79 Å². The van der Waals surface area contributed by atoms with Crippen molar-refractivity contribution in [1.29, 1.82) is 0 Å². The molecular weight excluding hydrogens is 261 g/mol. The highest BCUT2D eigenvalue weighted by Crippen LogP contribution is 2.44. The maximum absolute atomic E-state index is 13.5. The number of rotatable bonds is 1. The van der Waals surface area contributed by atoms with Crippen LogP contribution < -0.4 is 5.32 Å². The second kappa shape index (κ2) is 4.73. The quantitative estimate of drug-likeness (QED) is 0.824. The molecule has 0 spiro atoms. The summed E-state index contributed by atoms with van der Waals surface area (Å²) in [5, 5.41) is 11.7. The number of halogens is 3. The fourth-order valence-corrected chi connectivity index (χ4v) is 2.39. The minimum absolute atomic E-state index is 0.0721. The minimum Gasteiger partial charge on any atom is -0.465 e. The predicted octanol–water partition coefficient (Wildman–Crippen LogP) is 2.03. The fraction of sp³-hybridized carbons (Fsp3) is 0.417. The first-order valence-electron chi connectivity index (χ1n) is 5.73. The maximum Gasteiger partial charge on any atom is 0.417 e. The van der Waals surface area contributed by atoms with Gasteiger partial charge in [0.2, 0.25) is 0 Å². The molecule has 0 bridgehead atoms. The number of alkyl halides is 3. The Balaban J connectivity index is 2.60. The molecule has 1 heterocycles. The van der Waals surface area contributed by atoms with E-state index in [1.54, 1.807) is 6.07 Å². The second-order valence-corrected chi connectivity index (χ2v) is 4.34. The number of carbonyl (C=O) groups is 1. The first-order chi connectivity index (χ1) is 8.89. The van der Waals surface area contributed by atoms with Crippen molar-refractivity contribution in [1.82, 2.24) is 10.2 Å². The van der Waals surface area contributed by atoms with Crippen LogP contribution in [-0.4, -0.2) is 41.9 Å². The summed E-state index contributed by atoms with van der Waals surface area (Å²) in [6.07, 6.45) is -6.26. The van der Waals surface area contributed by atoms with Crippen LogP contribution in [0.3, 0.4) is 0 Å². The van der Waals surface area contributed by atoms with E-state index in [0.717, 1.165) is 0 Å². The van der Waals surface area contributed by atoms with E-state index in [2.05, 4.69) is 5.32 Å². The summed E-state index contributed by atoms with van der Waals surface area (Å²) in [7, 11) is 0. The maximum atomic E-state index is 13.5. The number of nitrogens with one attached hydrogen (secondary N) is 1. The molecule has 1 fully saturated rings. The third-order valence-electron chi connectivity index (χ3n) is 3.31. The molecule has 1 aromatic rings. The smallest absolute Gasteiger partial charge is 0.417 e. The normalized spacial score (nSPS) is 24.3. The number of hydrogen-bond donors (Lipinski definition) is 2. The molecule has 1 aliphatic rings. The summed E-state index contributed by atoms with van der Waals surface area (Å²) in [5.41, 5.74) is -2.60. The van der Waals surface area contributed by atoms with Crippen molar-refractivity contribution in [3.63, 3.8) is 0 Å². The molecule has 0 radical (unpaired) electrons. The molecular formula is C12H13F3N2O2. The monoisotopic (exact) mass is 274 g/mol. The van der Waals surface area contributed by atoms with E-state index < -0.39 is 24.4 Å². The Labute approximate surface area is 107 Å². The molecule has 0 aromatic heterocycles. The lowest BCUT2D eigenvalue weighted by Crippen LogP contribution is -2.67. The van der Waals surface area contributed by atoms with Crippen LogP contribution in [0.5, 0.6) is 0 Å². The lowest BCUT2D eigenvalue weighted by Gasteiger charge is -2.46. The molecule has 2 rings (SSSR count). The van der Waals surface area contributed by atoms with Gasteiger partial charge in [0.15, 0.2) is 5.54 Å². The number of nitrogens with zero attached hydrogens (tertiary/aromatic N) is 1. The van der Waals surface area contributed by atoms with E-state index >= 15 is 0 Å². The van der Waals surface area contributed by atoms with Crippen LogP contribution in [0.2, 0.25) is 0 Å². The number of benzene rings is 1. The number of amides is 1. The molecule has 1 saturated heterocycles. The Morgan fingerprint density at radius 2 is 1.95 bits per heavy atom. The van der Waals surface area contributed by atoms with Gasteiger partial charge in [0.1, 0.15) is 0 Å². The second-order valence-electron chi connectivity index (χ2n) is 4.34. The molecule has 4 nitrogen and oxygen atoms in total. The van der Waals surface area contributed by atoms with Gasteiger partial charge in [-0.2, -0.15) is 13.2 Å². The first kappa shape index (κ1) is 13.7. The summed E-state index contributed by atoms with van der Waals surface area (Å²) in [4.78, 5) is 11.7. The largest absolute Gasteiger partial charge is 0.465 e. The molecule has 1 aromatic carbocycles. The van der Waals surface area contributed by atoms with E-state index in [-0.39, 0.29) is 18.7 Å². The van der Waals surface area contributed by atoms with E-state index in [9.17, 15) is 18.0 Å². The summed E-state index contributed by atoms with van der Waals surface area (Å²) in [6.45, 7) is -0.479. The Morgan fingerprint density at radius 1 is 1.32 bits per heavy atom. The van der Waals surface area contributed by atoms with Gasteiger partial charge in [-0.1, -0.05) is 30.3 Å². The Hall–Kier alpha value is -1.76. The average molecular weight is 274 g/mol. The predicted molar refractivity (Wildman–Crippen MR) is 61.8 cm³/mol. The van der Waals surface area contributed by atoms with Gasteiger partial charge in [0.05, 0.1) is 0 Å². The molecule has 1 amide bonds. The van der Waals surface area contributed by atoms with Gasteiger partial charge in [0.25, 0.3) is 0 Å². The van der Waals surface area contributed by atoms with Crippen molar-refractivity contribution >= 4 is 6.09 Å². The van der Waals surface area contributed by atoms with Crippen molar-refractivity contribution in [2.45, 2.75) is 11.7 Å². The average Bonchev–Trinajstić information content (AvgIpc) is 2.38. The minimum atomic E-state index is -4.69. The molecule has 1 atom stereocenters. The highest BCUT2D eigenvalue weighted by molar-refractivity contribution is 5.67. The van der Waals surface area contributed by atoms with Crippen LogP contribution in [0.1, 0.15) is 5.56 Å². The third-order valence-corrected chi connectivity index (χ3v) is 3.31. The van der Waals surface area contributed by atoms with Crippen LogP contribution in [0.15, 0.2) is 30.3 Å². The van der Waals surface area contributed by atoms with E-state index in [4.69, 9.17) is 5.11 Å². The van der Waals surface area contributed by atoms with Crippen molar-refractivity contribution in [3.05, 3.63) is 35.9 Å². The van der Waals surface area contributed by atoms with Crippen LogP contribution in [0, 0.1) is 0 Å². The third kappa shape index (κ3) is 2.14. The zero-order valence-corrected chi connectivity index (χ0v) is 9.94. The standard InChI is InChI=1S/C12H13F3N2O2/c13-12(14,15)11(9-4-2-1-3-5-9)8-16-6-7-17(11)10(18)19/h1-5,16H,6-8H2,(H,18,19). The Bertz CT molecular complexity index is 464. The van der Waals surface area contributed by atoms with Crippen molar-refractivity contribution < 1.29 is 23.1 Å². The van der Waals surface area contributed by atoms with Crippen LogP contribution in [0.4, 0.5) is 18.0 Å². The highest BCUT2D eigenvalue weighted by atomic mass is 19.4. The number of carboxylic acid groups (broad SMARTS) is 1. The zero-order valence-electron chi connectivity index (χ0n) is 9.94. The van der Waals surface area contributed by atoms with Gasteiger partial charge in [-0.05, 0) is 5.56 Å². The van der Waals surface area contributed by atoms with Gasteiger partial charge in [-0.15, -0.1) is 0 Å². The molecule has 0 aliphatic carbocycles. The lowest BCUT2D eigenvalue weighted by atomic mass is 9.85. The molecule has 1 unspecified atom stereocenters. The fourth-order valence-electron chi connectivity index (χ4n) is 2.39. The molecule has 104 valence electrons. The topological polar surface area (TPSA) is 52.6 Å². The molecule has 0 saturated carbocycles. The van der Waals surface area contributed by atoms with Crippen LogP contribution in [0.25, 0.3) is 0 Å². The Kier molecular flexibility index (Phi) is 3.40. The number of hydrogen-bond acceptors (Lipinski definition) is 2. The molecule has 19 heavy (non-hydrogen) atoms.